The highest BCUT2D eigenvalue weighted by Crippen LogP contribution is 2.30. The first-order valence-corrected chi connectivity index (χ1v) is 6.31. The molecule has 15 heavy (non-hydrogen) atoms. The van der Waals surface area contributed by atoms with Crippen LogP contribution in [0.2, 0.25) is 0 Å². The number of nitrogens with two attached hydrogens (primary N) is 2. The SMILES string of the molecule is Nc1cc(N)nc(Sc2nc(Br)cs2)n1. The number of aromatic nitrogens is 3. The fourth-order valence-corrected chi connectivity index (χ4v) is 3.13. The molecule has 0 unspecified atom stereocenters. The summed E-state index contributed by atoms with van der Waals surface area (Å²) in [5, 5.41) is 2.40. The maximum Gasteiger partial charge on any atom is 0.198 e. The molecule has 0 saturated heterocycles. The van der Waals surface area contributed by atoms with E-state index in [-0.39, 0.29) is 0 Å². The van der Waals surface area contributed by atoms with E-state index >= 15 is 0 Å². The second kappa shape index (κ2) is 4.33. The molecule has 0 atom stereocenters. The maximum atomic E-state index is 5.55. The third-order valence-electron chi connectivity index (χ3n) is 1.38. The molecule has 0 aliphatic carbocycles. The number of anilines is 2. The van der Waals surface area contributed by atoms with Crippen LogP contribution in [0.15, 0.2) is 25.5 Å². The van der Waals surface area contributed by atoms with Crippen molar-refractivity contribution >= 4 is 50.7 Å². The lowest BCUT2D eigenvalue weighted by molar-refractivity contribution is 0.982. The molecule has 0 fully saturated rings. The van der Waals surface area contributed by atoms with Gasteiger partial charge in [-0.25, -0.2) is 15.0 Å². The van der Waals surface area contributed by atoms with Gasteiger partial charge < -0.3 is 11.5 Å². The van der Waals surface area contributed by atoms with E-state index < -0.39 is 0 Å². The Labute approximate surface area is 102 Å². The zero-order valence-electron chi connectivity index (χ0n) is 7.35. The first-order chi connectivity index (χ1) is 7.13. The largest absolute Gasteiger partial charge is 0.383 e. The Hall–Kier alpha value is -0.860. The second-order valence-corrected chi connectivity index (χ2v) is 5.42. The summed E-state index contributed by atoms with van der Waals surface area (Å²) in [6, 6.07) is 1.52. The molecule has 0 aliphatic heterocycles. The highest BCUT2D eigenvalue weighted by Gasteiger charge is 2.06. The molecule has 0 spiro atoms. The Morgan fingerprint density at radius 3 is 2.40 bits per heavy atom. The number of rotatable bonds is 2. The van der Waals surface area contributed by atoms with Crippen molar-refractivity contribution in [3.63, 3.8) is 0 Å². The Bertz CT molecular complexity index is 466. The number of thiazole rings is 1. The predicted octanol–water partition coefficient (Wildman–Crippen LogP) is 2.01. The van der Waals surface area contributed by atoms with Gasteiger partial charge in [-0.1, -0.05) is 0 Å². The highest BCUT2D eigenvalue weighted by molar-refractivity contribution is 9.10. The van der Waals surface area contributed by atoms with E-state index in [0.717, 1.165) is 8.94 Å². The van der Waals surface area contributed by atoms with Crippen LogP contribution in [-0.4, -0.2) is 15.0 Å². The number of nitrogen functional groups attached to an aromatic ring is 2. The van der Waals surface area contributed by atoms with E-state index in [0.29, 0.717) is 16.8 Å². The number of halogens is 1. The molecule has 2 rings (SSSR count). The van der Waals surface area contributed by atoms with Crippen LogP contribution in [0, 0.1) is 0 Å². The van der Waals surface area contributed by atoms with E-state index in [9.17, 15) is 0 Å². The lowest BCUT2D eigenvalue weighted by Gasteiger charge is -1.99. The molecule has 2 heterocycles. The van der Waals surface area contributed by atoms with E-state index in [1.54, 1.807) is 0 Å². The molecule has 0 aromatic carbocycles. The van der Waals surface area contributed by atoms with Gasteiger partial charge in [0.15, 0.2) is 9.50 Å². The van der Waals surface area contributed by atoms with Gasteiger partial charge in [0.05, 0.1) is 0 Å². The van der Waals surface area contributed by atoms with Crippen LogP contribution in [0.4, 0.5) is 11.6 Å². The van der Waals surface area contributed by atoms with E-state index in [1.165, 1.54) is 29.2 Å². The number of hydrogen-bond acceptors (Lipinski definition) is 7. The molecule has 78 valence electrons. The molecule has 4 N–H and O–H groups in total. The summed E-state index contributed by atoms with van der Waals surface area (Å²) in [5.74, 6) is 0.723. The van der Waals surface area contributed by atoms with Crippen LogP contribution in [0.1, 0.15) is 0 Å². The molecule has 0 bridgehead atoms. The molecular weight excluding hydrogens is 298 g/mol. The normalized spacial score (nSPS) is 10.5. The summed E-state index contributed by atoms with van der Waals surface area (Å²) < 4.78 is 1.64. The van der Waals surface area contributed by atoms with E-state index in [1.807, 2.05) is 5.38 Å². The molecule has 2 aromatic rings. The standard InChI is InChI=1S/C7H6BrN5S2/c8-3-2-14-7(11-3)15-6-12-4(9)1-5(10)13-6/h1-2H,(H4,9,10,12,13). The quantitative estimate of drug-likeness (QED) is 0.825. The van der Waals surface area contributed by atoms with Gasteiger partial charge in [0, 0.05) is 11.4 Å². The second-order valence-electron chi connectivity index (χ2n) is 2.54. The summed E-state index contributed by atoms with van der Waals surface area (Å²) >= 11 is 6.10. The molecule has 8 heteroatoms. The fraction of sp³-hybridized carbons (Fsp3) is 0. The van der Waals surface area contributed by atoms with Crippen LogP contribution in [0.25, 0.3) is 0 Å². The smallest absolute Gasteiger partial charge is 0.198 e. The van der Waals surface area contributed by atoms with Crippen molar-refractivity contribution in [1.29, 1.82) is 0 Å². The van der Waals surface area contributed by atoms with Gasteiger partial charge in [0.1, 0.15) is 16.2 Å². The van der Waals surface area contributed by atoms with Crippen molar-refractivity contribution in [1.82, 2.24) is 15.0 Å². The average molecular weight is 304 g/mol. The monoisotopic (exact) mass is 303 g/mol. The lowest BCUT2D eigenvalue weighted by atomic mass is 10.5. The van der Waals surface area contributed by atoms with Crippen molar-refractivity contribution in [2.45, 2.75) is 9.50 Å². The van der Waals surface area contributed by atoms with E-state index in [4.69, 9.17) is 11.5 Å². The van der Waals surface area contributed by atoms with E-state index in [2.05, 4.69) is 30.9 Å². The first-order valence-electron chi connectivity index (χ1n) is 3.82. The minimum atomic E-state index is 0.362. The Balaban J connectivity index is 2.24. The van der Waals surface area contributed by atoms with Crippen LogP contribution in [-0.2, 0) is 0 Å². The zero-order chi connectivity index (χ0) is 10.8. The van der Waals surface area contributed by atoms with Crippen molar-refractivity contribution in [3.8, 4) is 0 Å². The van der Waals surface area contributed by atoms with Crippen molar-refractivity contribution in [2.24, 2.45) is 0 Å². The van der Waals surface area contributed by atoms with Gasteiger partial charge in [-0.2, -0.15) is 0 Å². The third kappa shape index (κ3) is 2.80. The lowest BCUT2D eigenvalue weighted by Crippen LogP contribution is -1.98. The van der Waals surface area contributed by atoms with Crippen molar-refractivity contribution in [3.05, 3.63) is 16.0 Å². The minimum absolute atomic E-state index is 0.362. The van der Waals surface area contributed by atoms with Crippen LogP contribution in [0.3, 0.4) is 0 Å². The highest BCUT2D eigenvalue weighted by atomic mass is 79.9. The van der Waals surface area contributed by atoms with Gasteiger partial charge in [0.2, 0.25) is 0 Å². The van der Waals surface area contributed by atoms with Gasteiger partial charge in [-0.15, -0.1) is 11.3 Å². The Morgan fingerprint density at radius 1 is 1.20 bits per heavy atom. The van der Waals surface area contributed by atoms with Crippen LogP contribution in [0.5, 0.6) is 0 Å². The number of nitrogens with zero attached hydrogens (tertiary/aromatic N) is 3. The summed E-state index contributed by atoms with van der Waals surface area (Å²) in [5.41, 5.74) is 11.1. The summed E-state index contributed by atoms with van der Waals surface area (Å²) in [6.45, 7) is 0. The molecule has 2 aromatic heterocycles. The van der Waals surface area contributed by atoms with Crippen molar-refractivity contribution < 1.29 is 0 Å². The van der Waals surface area contributed by atoms with Crippen molar-refractivity contribution in [2.75, 3.05) is 11.5 Å². The average Bonchev–Trinajstić information content (AvgIpc) is 2.49. The Kier molecular flexibility index (Phi) is 3.08. The summed E-state index contributed by atoms with van der Waals surface area (Å²) in [4.78, 5) is 12.3. The van der Waals surface area contributed by atoms with Gasteiger partial charge >= 0.3 is 0 Å². The fourth-order valence-electron chi connectivity index (χ4n) is 0.872. The Morgan fingerprint density at radius 2 is 1.87 bits per heavy atom. The van der Waals surface area contributed by atoms with Gasteiger partial charge in [-0.05, 0) is 27.7 Å². The van der Waals surface area contributed by atoms with Gasteiger partial charge in [-0.3, -0.25) is 0 Å². The first kappa shape index (κ1) is 10.7. The van der Waals surface area contributed by atoms with Crippen LogP contribution >= 0.6 is 39.0 Å². The summed E-state index contributed by atoms with van der Waals surface area (Å²) in [6.07, 6.45) is 0. The van der Waals surface area contributed by atoms with Crippen LogP contribution < -0.4 is 11.5 Å². The number of hydrogen-bond donors (Lipinski definition) is 2. The third-order valence-corrected chi connectivity index (χ3v) is 3.89. The zero-order valence-corrected chi connectivity index (χ0v) is 10.6. The van der Waals surface area contributed by atoms with Gasteiger partial charge in [0.25, 0.3) is 0 Å². The molecule has 0 radical (unpaired) electrons. The molecule has 0 amide bonds. The molecule has 0 aliphatic rings. The summed E-state index contributed by atoms with van der Waals surface area (Å²) in [7, 11) is 0. The molecule has 0 saturated carbocycles. The minimum Gasteiger partial charge on any atom is -0.383 e. The molecular formula is C7H6BrN5S2. The maximum absolute atomic E-state index is 5.55. The predicted molar refractivity (Wildman–Crippen MR) is 64.8 cm³/mol. The molecule has 5 nitrogen and oxygen atoms in total. The topological polar surface area (TPSA) is 90.7 Å².